The lowest BCUT2D eigenvalue weighted by Crippen LogP contribution is -2.63. The number of carbonyl (C=O) groups excluding carboxylic acids is 3. The van der Waals surface area contributed by atoms with Crippen molar-refractivity contribution in [1.82, 2.24) is 19.0 Å². The Hall–Kier alpha value is -3.99. The molecule has 0 unspecified atom stereocenters. The lowest BCUT2D eigenvalue weighted by Gasteiger charge is -2.46. The van der Waals surface area contributed by atoms with Crippen LogP contribution in [-0.2, 0) is 31.0 Å². The molecule has 1 saturated heterocycles. The molecule has 0 radical (unpaired) electrons. The third kappa shape index (κ3) is 5.14. The van der Waals surface area contributed by atoms with Gasteiger partial charge in [-0.25, -0.2) is 22.9 Å². The average Bonchev–Trinajstić information content (AvgIpc) is 3.55. The first-order valence-corrected chi connectivity index (χ1v) is 15.1. The van der Waals surface area contributed by atoms with E-state index in [-0.39, 0.29) is 29.6 Å². The number of nitro groups is 1. The standard InChI is InChI=1S/C25H25N5O9S2/c1-12-18(17-9-28-11-26-20(24(28)40-17)16(32)8-27-41(3,37)38)22(29-21(12)19(13(2)31)23(29)33)25(34)39-10-14-4-6-15(7-5-14)30(35)36/h4-7,9,11-13,19,21,27,31H,8,10H2,1-3H3/t12-,13+,19+,21+/m0/s1. The second kappa shape index (κ2) is 10.4. The van der Waals surface area contributed by atoms with Crippen LogP contribution in [0.1, 0.15) is 34.8 Å². The third-order valence-corrected chi connectivity index (χ3v) is 8.93. The van der Waals surface area contributed by atoms with Gasteiger partial charge in [-0.05, 0) is 24.6 Å². The predicted molar refractivity (Wildman–Crippen MR) is 145 cm³/mol. The quantitative estimate of drug-likeness (QED) is 0.112. The number of nitrogens with zero attached hydrogens (tertiary/aromatic N) is 4. The Kier molecular flexibility index (Phi) is 7.27. The number of benzene rings is 1. The van der Waals surface area contributed by atoms with Crippen LogP contribution in [0.15, 0.2) is 42.5 Å². The number of aliphatic hydroxyl groups is 1. The number of fused-ring (bicyclic) bond motifs is 2. The highest BCUT2D eigenvalue weighted by molar-refractivity contribution is 7.88. The molecule has 2 aromatic heterocycles. The first kappa shape index (κ1) is 28.5. The molecule has 0 aliphatic carbocycles. The number of nitrogens with one attached hydrogen (secondary N) is 1. The Morgan fingerprint density at radius 1 is 1.29 bits per heavy atom. The van der Waals surface area contributed by atoms with Crippen molar-refractivity contribution in [2.75, 3.05) is 12.8 Å². The van der Waals surface area contributed by atoms with Gasteiger partial charge in [0.1, 0.15) is 29.2 Å². The maximum absolute atomic E-state index is 13.5. The number of nitro benzene ring substituents is 1. The van der Waals surface area contributed by atoms with Crippen molar-refractivity contribution in [3.63, 3.8) is 0 Å². The van der Waals surface area contributed by atoms with E-state index in [4.69, 9.17) is 4.74 Å². The Labute approximate surface area is 237 Å². The number of ketones is 1. The van der Waals surface area contributed by atoms with Crippen LogP contribution in [0.3, 0.4) is 0 Å². The zero-order valence-corrected chi connectivity index (χ0v) is 23.6. The van der Waals surface area contributed by atoms with Gasteiger partial charge in [0.15, 0.2) is 5.78 Å². The lowest BCUT2D eigenvalue weighted by molar-refractivity contribution is -0.384. The zero-order chi connectivity index (χ0) is 29.8. The number of rotatable bonds is 10. The number of hydrogen-bond acceptors (Lipinski definition) is 11. The second-order valence-corrected chi connectivity index (χ2v) is 12.8. The molecule has 1 aromatic carbocycles. The number of ether oxygens (including phenoxy) is 1. The van der Waals surface area contributed by atoms with E-state index in [9.17, 15) is 38.0 Å². The Morgan fingerprint density at radius 3 is 2.59 bits per heavy atom. The number of amides is 1. The summed E-state index contributed by atoms with van der Waals surface area (Å²) in [6.07, 6.45) is 3.05. The van der Waals surface area contributed by atoms with E-state index in [0.717, 1.165) is 17.6 Å². The summed E-state index contributed by atoms with van der Waals surface area (Å²) in [6, 6.07) is 5.03. The molecule has 1 fully saturated rings. The molecule has 216 valence electrons. The van der Waals surface area contributed by atoms with Gasteiger partial charge in [-0.15, -0.1) is 11.3 Å². The summed E-state index contributed by atoms with van der Waals surface area (Å²) in [4.78, 5) is 56.0. The molecule has 0 spiro atoms. The average molecular weight is 604 g/mol. The lowest BCUT2D eigenvalue weighted by atomic mass is 9.77. The van der Waals surface area contributed by atoms with Crippen molar-refractivity contribution in [3.05, 3.63) is 68.7 Å². The first-order valence-electron chi connectivity index (χ1n) is 12.4. The maximum atomic E-state index is 13.5. The van der Waals surface area contributed by atoms with Gasteiger partial charge in [0.05, 0.1) is 40.7 Å². The third-order valence-electron chi connectivity index (χ3n) is 7.12. The van der Waals surface area contributed by atoms with Crippen molar-refractivity contribution >= 4 is 55.1 Å². The molecular formula is C25H25N5O9S2. The monoisotopic (exact) mass is 603 g/mol. The highest BCUT2D eigenvalue weighted by atomic mass is 32.2. The van der Waals surface area contributed by atoms with E-state index >= 15 is 0 Å². The number of carbonyl (C=O) groups is 3. The number of non-ortho nitro benzene ring substituents is 1. The van der Waals surface area contributed by atoms with Crippen molar-refractivity contribution in [3.8, 4) is 0 Å². The molecule has 0 bridgehead atoms. The van der Waals surface area contributed by atoms with Gasteiger partial charge in [0, 0.05) is 29.8 Å². The van der Waals surface area contributed by atoms with Crippen molar-refractivity contribution in [2.24, 2.45) is 11.8 Å². The minimum Gasteiger partial charge on any atom is -0.456 e. The molecular weight excluding hydrogens is 578 g/mol. The number of β-lactam (4-membered cyclic amide) rings is 1. The molecule has 3 aromatic rings. The summed E-state index contributed by atoms with van der Waals surface area (Å²) >= 11 is 1.15. The fraction of sp³-hybridized carbons (Fsp3) is 0.360. The zero-order valence-electron chi connectivity index (χ0n) is 22.0. The SMILES string of the molecule is C[C@@H](O)[C@H]1C(=O)N2C(C(=O)OCc3ccc([N+](=O)[O-])cc3)=C(c3cn4cnc(C(=O)CNS(C)(=O)=O)c4s3)[C@H](C)[C@H]12. The molecule has 16 heteroatoms. The number of Topliss-reactive ketones (excluding diaryl/α,β-unsaturated/α-hetero) is 1. The topological polar surface area (TPSA) is 191 Å². The fourth-order valence-corrected chi connectivity index (χ4v) is 6.84. The summed E-state index contributed by atoms with van der Waals surface area (Å²) in [5.41, 5.74) is 0.971. The maximum Gasteiger partial charge on any atom is 0.355 e. The van der Waals surface area contributed by atoms with Crippen LogP contribution in [0, 0.1) is 22.0 Å². The molecule has 2 aliphatic heterocycles. The van der Waals surface area contributed by atoms with Crippen LogP contribution in [-0.4, -0.2) is 75.3 Å². The van der Waals surface area contributed by atoms with Crippen LogP contribution in [0.5, 0.6) is 0 Å². The molecule has 4 atom stereocenters. The van der Waals surface area contributed by atoms with Crippen LogP contribution in [0.25, 0.3) is 10.4 Å². The fourth-order valence-electron chi connectivity index (χ4n) is 5.21. The Bertz CT molecular complexity index is 1720. The molecule has 1 amide bonds. The van der Waals surface area contributed by atoms with Crippen LogP contribution in [0.2, 0.25) is 0 Å². The van der Waals surface area contributed by atoms with Gasteiger partial charge < -0.3 is 14.7 Å². The summed E-state index contributed by atoms with van der Waals surface area (Å²) < 4.78 is 32.1. The van der Waals surface area contributed by atoms with Gasteiger partial charge in [0.25, 0.3) is 5.69 Å². The minimum absolute atomic E-state index is 0.0235. The Balaban J connectivity index is 1.49. The molecule has 0 saturated carbocycles. The molecule has 4 heterocycles. The molecule has 14 nitrogen and oxygen atoms in total. The number of thiazole rings is 1. The number of esters is 1. The number of aliphatic hydroxyl groups excluding tert-OH is 1. The summed E-state index contributed by atoms with van der Waals surface area (Å²) in [7, 11) is -3.60. The van der Waals surface area contributed by atoms with E-state index in [0.29, 0.717) is 20.8 Å². The molecule has 2 N–H and O–H groups in total. The first-order chi connectivity index (χ1) is 19.3. The highest BCUT2D eigenvalue weighted by Crippen LogP contribution is 2.51. The number of imidazole rings is 1. The Morgan fingerprint density at radius 2 is 1.98 bits per heavy atom. The molecule has 5 rings (SSSR count). The van der Waals surface area contributed by atoms with E-state index in [1.807, 2.05) is 6.92 Å². The normalized spacial score (nSPS) is 21.1. The number of aromatic nitrogens is 2. The summed E-state index contributed by atoms with van der Waals surface area (Å²) in [5.74, 6) is -2.84. The smallest absolute Gasteiger partial charge is 0.355 e. The van der Waals surface area contributed by atoms with E-state index in [1.54, 1.807) is 10.6 Å². The number of sulfonamides is 1. The van der Waals surface area contributed by atoms with Gasteiger partial charge >= 0.3 is 5.97 Å². The van der Waals surface area contributed by atoms with Crippen molar-refractivity contribution < 1.29 is 37.6 Å². The van der Waals surface area contributed by atoms with Crippen LogP contribution < -0.4 is 4.72 Å². The van der Waals surface area contributed by atoms with E-state index in [2.05, 4.69) is 9.71 Å². The largest absolute Gasteiger partial charge is 0.456 e. The molecule has 41 heavy (non-hydrogen) atoms. The van der Waals surface area contributed by atoms with Gasteiger partial charge in [-0.1, -0.05) is 6.92 Å². The van der Waals surface area contributed by atoms with E-state index < -0.39 is 57.2 Å². The van der Waals surface area contributed by atoms with Crippen LogP contribution >= 0.6 is 11.3 Å². The van der Waals surface area contributed by atoms with Crippen LogP contribution in [0.4, 0.5) is 5.69 Å². The van der Waals surface area contributed by atoms with Gasteiger partial charge in [-0.3, -0.25) is 24.1 Å². The summed E-state index contributed by atoms with van der Waals surface area (Å²) in [5, 5.41) is 21.2. The summed E-state index contributed by atoms with van der Waals surface area (Å²) in [6.45, 7) is 2.68. The van der Waals surface area contributed by atoms with Crippen molar-refractivity contribution in [1.29, 1.82) is 0 Å². The predicted octanol–water partition coefficient (Wildman–Crippen LogP) is 1.35. The highest BCUT2D eigenvalue weighted by Gasteiger charge is 2.60. The second-order valence-electron chi connectivity index (χ2n) is 9.93. The minimum atomic E-state index is -3.60. The van der Waals surface area contributed by atoms with Gasteiger partial charge in [0.2, 0.25) is 15.9 Å². The molecule has 2 aliphatic rings. The van der Waals surface area contributed by atoms with Crippen molar-refractivity contribution in [2.45, 2.75) is 32.6 Å². The van der Waals surface area contributed by atoms with E-state index in [1.165, 1.54) is 42.4 Å². The van der Waals surface area contributed by atoms with Gasteiger partial charge in [-0.2, -0.15) is 0 Å². The number of hydrogen-bond donors (Lipinski definition) is 2.